The van der Waals surface area contributed by atoms with Crippen molar-refractivity contribution in [3.63, 3.8) is 0 Å². The lowest BCUT2D eigenvalue weighted by Gasteiger charge is -2.33. The molecule has 2 aromatic rings. The summed E-state index contributed by atoms with van der Waals surface area (Å²) < 4.78 is 4.49. The van der Waals surface area contributed by atoms with E-state index in [0.717, 1.165) is 0 Å². The van der Waals surface area contributed by atoms with Crippen molar-refractivity contribution in [2.45, 2.75) is 12.8 Å². The minimum absolute atomic E-state index is 0.109. The van der Waals surface area contributed by atoms with Crippen LogP contribution in [0.4, 0.5) is 0 Å². The molecule has 1 fully saturated rings. The number of nitrogens with two attached hydrogens (primary N) is 1. The van der Waals surface area contributed by atoms with Crippen LogP contribution in [0.25, 0.3) is 11.1 Å². The Morgan fingerprint density at radius 3 is 1.77 bits per heavy atom. The van der Waals surface area contributed by atoms with Gasteiger partial charge in [-0.05, 0) is 24.1 Å². The molecule has 2 N–H and O–H groups in total. The third-order valence-corrected chi connectivity index (χ3v) is 4.72. The fourth-order valence-electron chi connectivity index (χ4n) is 3.01. The highest BCUT2D eigenvalue weighted by molar-refractivity contribution is 6.35. The largest absolute Gasteiger partial charge is 0.469 e. The van der Waals surface area contributed by atoms with Gasteiger partial charge in [-0.1, -0.05) is 60.7 Å². The predicted octanol–water partition coefficient (Wildman–Crippen LogP) is 1.92. The van der Waals surface area contributed by atoms with E-state index in [0.29, 0.717) is 32.6 Å². The van der Waals surface area contributed by atoms with E-state index >= 15 is 0 Å². The molecular formula is C23H29N3O4. The van der Waals surface area contributed by atoms with Crippen LogP contribution in [0.5, 0.6) is 0 Å². The lowest BCUT2D eigenvalue weighted by molar-refractivity contribution is -0.156. The molecule has 2 amide bonds. The zero-order valence-corrected chi connectivity index (χ0v) is 17.3. The molecule has 1 aliphatic heterocycles. The van der Waals surface area contributed by atoms with Crippen molar-refractivity contribution in [3.8, 4) is 11.1 Å². The van der Waals surface area contributed by atoms with Gasteiger partial charge in [-0.25, -0.2) is 0 Å². The van der Waals surface area contributed by atoms with Crippen LogP contribution in [0.2, 0.25) is 0 Å². The highest BCUT2D eigenvalue weighted by Gasteiger charge is 2.31. The topological polar surface area (TPSA) is 92.9 Å². The zero-order valence-electron chi connectivity index (χ0n) is 17.3. The van der Waals surface area contributed by atoms with E-state index in [2.05, 4.69) is 53.3 Å². The van der Waals surface area contributed by atoms with Gasteiger partial charge in [-0.3, -0.25) is 14.4 Å². The molecule has 7 nitrogen and oxygen atoms in total. The van der Waals surface area contributed by atoms with Gasteiger partial charge < -0.3 is 20.3 Å². The van der Waals surface area contributed by atoms with Crippen molar-refractivity contribution in [3.05, 3.63) is 60.7 Å². The van der Waals surface area contributed by atoms with Crippen LogP contribution in [-0.4, -0.2) is 67.4 Å². The molecule has 0 aromatic heterocycles. The quantitative estimate of drug-likeness (QED) is 0.555. The second-order valence-corrected chi connectivity index (χ2v) is 6.78. The number of hydrogen-bond acceptors (Lipinski definition) is 5. The van der Waals surface area contributed by atoms with E-state index in [4.69, 9.17) is 5.73 Å². The zero-order chi connectivity index (χ0) is 21.8. The van der Waals surface area contributed by atoms with E-state index < -0.39 is 11.8 Å². The Hall–Kier alpha value is -3.19. The van der Waals surface area contributed by atoms with Gasteiger partial charge >= 0.3 is 17.8 Å². The molecule has 0 spiro atoms. The molecule has 0 unspecified atom stereocenters. The van der Waals surface area contributed by atoms with Crippen LogP contribution < -0.4 is 5.73 Å². The number of benzene rings is 2. The normalized spacial score (nSPS) is 13.5. The highest BCUT2D eigenvalue weighted by Crippen LogP contribution is 2.17. The molecule has 1 saturated heterocycles. The van der Waals surface area contributed by atoms with E-state index in [1.165, 1.54) is 28.0 Å². The number of esters is 1. The molecule has 30 heavy (non-hydrogen) atoms. The first-order valence-electron chi connectivity index (χ1n) is 10.0. The molecule has 0 aliphatic carbocycles. The van der Waals surface area contributed by atoms with Gasteiger partial charge in [0.2, 0.25) is 0 Å². The fourth-order valence-corrected chi connectivity index (χ4v) is 3.01. The Morgan fingerprint density at radius 1 is 0.867 bits per heavy atom. The molecule has 160 valence electrons. The smallest absolute Gasteiger partial charge is 0.312 e. The number of nitrogens with zero attached hydrogens (tertiary/aromatic N) is 2. The van der Waals surface area contributed by atoms with Crippen molar-refractivity contribution in [1.29, 1.82) is 0 Å². The molecule has 7 heteroatoms. The molecule has 0 saturated carbocycles. The highest BCUT2D eigenvalue weighted by atomic mass is 16.5. The Morgan fingerprint density at radius 2 is 1.33 bits per heavy atom. The van der Waals surface area contributed by atoms with Crippen LogP contribution >= 0.6 is 0 Å². The Bertz CT molecular complexity index is 774. The first-order chi connectivity index (χ1) is 14.6. The molecular weight excluding hydrogens is 382 g/mol. The van der Waals surface area contributed by atoms with Gasteiger partial charge in [0.15, 0.2) is 0 Å². The average Bonchev–Trinajstić information content (AvgIpc) is 2.80. The monoisotopic (exact) mass is 411 g/mol. The van der Waals surface area contributed by atoms with Crippen LogP contribution in [0.1, 0.15) is 12.8 Å². The Kier molecular flexibility index (Phi) is 9.54. The summed E-state index contributed by atoms with van der Waals surface area (Å²) in [6.45, 7) is 2.16. The maximum atomic E-state index is 11.8. The van der Waals surface area contributed by atoms with E-state index in [9.17, 15) is 14.4 Å². The number of carbonyl (C=O) groups is 3. The first kappa shape index (κ1) is 23.1. The predicted molar refractivity (Wildman–Crippen MR) is 115 cm³/mol. The van der Waals surface area contributed by atoms with Gasteiger partial charge in [0.1, 0.15) is 0 Å². The lowest BCUT2D eigenvalue weighted by Crippen LogP contribution is -2.54. The number of methoxy groups -OCH3 is 1. The maximum Gasteiger partial charge on any atom is 0.312 e. The third kappa shape index (κ3) is 7.00. The SMILES string of the molecule is COC(=O)CCN1CCN(CCCN)C(=O)C1=O.c1ccc(-c2ccccc2)cc1. The number of rotatable bonds is 7. The Balaban J connectivity index is 0.000000230. The van der Waals surface area contributed by atoms with E-state index in [1.807, 2.05) is 12.1 Å². The summed E-state index contributed by atoms with van der Waals surface area (Å²) in [7, 11) is 1.29. The summed E-state index contributed by atoms with van der Waals surface area (Å²) in [5, 5.41) is 0. The van der Waals surface area contributed by atoms with Gasteiger partial charge in [-0.15, -0.1) is 0 Å². The number of amides is 2. The van der Waals surface area contributed by atoms with E-state index in [1.54, 1.807) is 0 Å². The number of hydrogen-bond donors (Lipinski definition) is 1. The summed E-state index contributed by atoms with van der Waals surface area (Å²) in [5.74, 6) is -1.46. The maximum absolute atomic E-state index is 11.8. The lowest BCUT2D eigenvalue weighted by atomic mass is 10.1. The molecule has 0 atom stereocenters. The summed E-state index contributed by atoms with van der Waals surface area (Å²) in [6.07, 6.45) is 0.791. The number of carbonyl (C=O) groups excluding carboxylic acids is 3. The fraction of sp³-hybridized carbons (Fsp3) is 0.348. The van der Waals surface area contributed by atoms with Crippen LogP contribution in [-0.2, 0) is 19.1 Å². The second kappa shape index (κ2) is 12.4. The molecule has 3 rings (SSSR count). The standard InChI is InChI=1S/C12H10.C11H19N3O4/c1-3-7-11(8-4-1)12-9-5-2-6-10-12;1-18-9(15)3-6-14-8-7-13(5-2-4-12)10(16)11(14)17/h1-10H;2-8,12H2,1H3. The van der Waals surface area contributed by atoms with Crippen LogP contribution in [0.15, 0.2) is 60.7 Å². The number of piperazine rings is 1. The summed E-state index contributed by atoms with van der Waals surface area (Å²) in [6, 6.07) is 20.8. The van der Waals surface area contributed by atoms with Crippen molar-refractivity contribution < 1.29 is 19.1 Å². The minimum Gasteiger partial charge on any atom is -0.469 e. The van der Waals surface area contributed by atoms with E-state index in [-0.39, 0.29) is 18.9 Å². The van der Waals surface area contributed by atoms with Crippen LogP contribution in [0.3, 0.4) is 0 Å². The third-order valence-electron chi connectivity index (χ3n) is 4.72. The summed E-state index contributed by atoms with van der Waals surface area (Å²) in [5.41, 5.74) is 7.92. The van der Waals surface area contributed by atoms with Gasteiger partial charge in [0.25, 0.3) is 0 Å². The molecule has 1 aliphatic rings. The molecule has 0 bridgehead atoms. The second-order valence-electron chi connectivity index (χ2n) is 6.78. The van der Waals surface area contributed by atoms with Crippen molar-refractivity contribution in [2.24, 2.45) is 5.73 Å². The molecule has 0 radical (unpaired) electrons. The summed E-state index contributed by atoms with van der Waals surface area (Å²) >= 11 is 0. The minimum atomic E-state index is -0.554. The van der Waals surface area contributed by atoms with Gasteiger partial charge in [0.05, 0.1) is 13.5 Å². The van der Waals surface area contributed by atoms with Gasteiger partial charge in [-0.2, -0.15) is 0 Å². The summed E-state index contributed by atoms with van der Waals surface area (Å²) in [4.78, 5) is 37.4. The van der Waals surface area contributed by atoms with Gasteiger partial charge in [0, 0.05) is 26.2 Å². The van der Waals surface area contributed by atoms with Crippen molar-refractivity contribution >= 4 is 17.8 Å². The Labute approximate surface area is 177 Å². The average molecular weight is 412 g/mol. The van der Waals surface area contributed by atoms with Crippen molar-refractivity contribution in [2.75, 3.05) is 39.8 Å². The van der Waals surface area contributed by atoms with Crippen LogP contribution in [0, 0.1) is 0 Å². The number of ether oxygens (including phenoxy) is 1. The van der Waals surface area contributed by atoms with Crippen molar-refractivity contribution in [1.82, 2.24) is 9.80 Å². The molecule has 1 heterocycles. The first-order valence-corrected chi connectivity index (χ1v) is 10.0. The molecule has 2 aromatic carbocycles.